The summed E-state index contributed by atoms with van der Waals surface area (Å²) in [6.45, 7) is 4.61. The number of carbonyl (C=O) groups excluding carboxylic acids is 2. The third kappa shape index (κ3) is 5.28. The van der Waals surface area contributed by atoms with E-state index in [0.29, 0.717) is 28.7 Å². The Labute approximate surface area is 166 Å². The largest absolute Gasteiger partial charge is 0.484 e. The molecular formula is C21H21NO3S2. The molecule has 1 N–H and O–H groups in total. The Hall–Kier alpha value is -2.44. The van der Waals surface area contributed by atoms with Crippen molar-refractivity contribution in [2.24, 2.45) is 0 Å². The third-order valence-corrected chi connectivity index (χ3v) is 5.81. The zero-order valence-electron chi connectivity index (χ0n) is 15.2. The van der Waals surface area contributed by atoms with Crippen LogP contribution in [0.3, 0.4) is 0 Å². The Morgan fingerprint density at radius 3 is 2.52 bits per heavy atom. The fourth-order valence-electron chi connectivity index (χ4n) is 2.47. The Morgan fingerprint density at radius 2 is 1.85 bits per heavy atom. The molecule has 4 nitrogen and oxygen atoms in total. The van der Waals surface area contributed by atoms with E-state index in [-0.39, 0.29) is 18.3 Å². The van der Waals surface area contributed by atoms with Gasteiger partial charge in [0, 0.05) is 15.8 Å². The highest BCUT2D eigenvalue weighted by Crippen LogP contribution is 2.21. The van der Waals surface area contributed by atoms with Crippen LogP contribution in [0.1, 0.15) is 45.4 Å². The van der Waals surface area contributed by atoms with Crippen molar-refractivity contribution in [3.63, 3.8) is 0 Å². The maximum atomic E-state index is 12.3. The normalized spacial score (nSPS) is 10.8. The fourth-order valence-corrected chi connectivity index (χ4v) is 4.01. The van der Waals surface area contributed by atoms with Gasteiger partial charge >= 0.3 is 0 Å². The molecule has 0 radical (unpaired) electrons. The van der Waals surface area contributed by atoms with E-state index in [4.69, 9.17) is 4.74 Å². The smallest absolute Gasteiger partial charge is 0.258 e. The number of amides is 1. The van der Waals surface area contributed by atoms with Crippen molar-refractivity contribution in [1.29, 1.82) is 0 Å². The molecule has 0 spiro atoms. The molecular weight excluding hydrogens is 378 g/mol. The summed E-state index contributed by atoms with van der Waals surface area (Å²) in [4.78, 5) is 25.9. The zero-order valence-corrected chi connectivity index (χ0v) is 16.9. The van der Waals surface area contributed by atoms with E-state index in [1.165, 1.54) is 28.2 Å². The van der Waals surface area contributed by atoms with Crippen LogP contribution < -0.4 is 10.1 Å². The number of thiophene rings is 2. The van der Waals surface area contributed by atoms with E-state index in [1.807, 2.05) is 47.2 Å². The molecule has 0 aliphatic rings. The maximum Gasteiger partial charge on any atom is 0.258 e. The number of ketones is 1. The second kappa shape index (κ2) is 8.97. The van der Waals surface area contributed by atoms with Crippen molar-refractivity contribution >= 4 is 34.4 Å². The first-order valence-corrected chi connectivity index (χ1v) is 10.4. The minimum atomic E-state index is -0.193. The molecule has 0 saturated heterocycles. The molecule has 1 aromatic carbocycles. The molecule has 3 aromatic rings. The van der Waals surface area contributed by atoms with Gasteiger partial charge in [-0.1, -0.05) is 26.0 Å². The van der Waals surface area contributed by atoms with Crippen molar-refractivity contribution in [2.45, 2.75) is 26.3 Å². The lowest BCUT2D eigenvalue weighted by Crippen LogP contribution is -2.28. The third-order valence-electron chi connectivity index (χ3n) is 4.05. The monoisotopic (exact) mass is 399 g/mol. The van der Waals surface area contributed by atoms with Crippen LogP contribution in [0.4, 0.5) is 0 Å². The van der Waals surface area contributed by atoms with Crippen LogP contribution in [0.25, 0.3) is 0 Å². The van der Waals surface area contributed by atoms with Crippen LogP contribution in [-0.2, 0) is 11.3 Å². The van der Waals surface area contributed by atoms with Gasteiger partial charge in [-0.3, -0.25) is 9.59 Å². The fraction of sp³-hybridized carbons (Fsp3) is 0.238. The number of ether oxygens (including phenoxy) is 1. The summed E-state index contributed by atoms with van der Waals surface area (Å²) in [5.41, 5.74) is 1.94. The summed E-state index contributed by atoms with van der Waals surface area (Å²) in [6, 6.07) is 13.3. The van der Waals surface area contributed by atoms with E-state index in [0.717, 1.165) is 4.88 Å². The van der Waals surface area contributed by atoms with Crippen LogP contribution >= 0.6 is 22.7 Å². The molecule has 0 bridgehead atoms. The highest BCUT2D eigenvalue weighted by Gasteiger charge is 2.12. The molecule has 27 heavy (non-hydrogen) atoms. The lowest BCUT2D eigenvalue weighted by molar-refractivity contribution is -0.123. The zero-order chi connectivity index (χ0) is 19.2. The van der Waals surface area contributed by atoms with Crippen molar-refractivity contribution in [3.05, 3.63) is 74.1 Å². The molecule has 0 unspecified atom stereocenters. The molecule has 6 heteroatoms. The van der Waals surface area contributed by atoms with Gasteiger partial charge in [-0.2, -0.15) is 11.3 Å². The highest BCUT2D eigenvalue weighted by atomic mass is 32.1. The van der Waals surface area contributed by atoms with Gasteiger partial charge in [0.2, 0.25) is 5.78 Å². The van der Waals surface area contributed by atoms with Crippen molar-refractivity contribution in [1.82, 2.24) is 5.32 Å². The molecule has 2 heterocycles. The molecule has 3 rings (SSSR count). The molecule has 1 amide bonds. The lowest BCUT2D eigenvalue weighted by Gasteiger charge is -2.09. The van der Waals surface area contributed by atoms with Crippen molar-refractivity contribution in [2.75, 3.05) is 6.61 Å². The summed E-state index contributed by atoms with van der Waals surface area (Å²) >= 11 is 2.90. The first-order valence-electron chi connectivity index (χ1n) is 8.68. The minimum Gasteiger partial charge on any atom is -0.484 e. The number of benzene rings is 1. The van der Waals surface area contributed by atoms with Gasteiger partial charge in [-0.25, -0.2) is 0 Å². The van der Waals surface area contributed by atoms with Gasteiger partial charge in [0.25, 0.3) is 5.91 Å². The Kier molecular flexibility index (Phi) is 6.42. The number of hydrogen-bond donors (Lipinski definition) is 1. The Morgan fingerprint density at radius 1 is 1.07 bits per heavy atom. The van der Waals surface area contributed by atoms with Gasteiger partial charge in [0.05, 0.1) is 11.4 Å². The maximum absolute atomic E-state index is 12.3. The quantitative estimate of drug-likeness (QED) is 0.551. The molecule has 0 aliphatic heterocycles. The SMILES string of the molecule is CC(C)c1ccc(OCC(=O)NCc2ccc(C(=O)c3ccsc3)s2)cc1. The van der Waals surface area contributed by atoms with Crippen molar-refractivity contribution < 1.29 is 14.3 Å². The standard InChI is InChI=1S/C21H21NO3S2/c1-14(2)15-3-5-17(6-4-15)25-12-20(23)22-11-18-7-8-19(27-18)21(24)16-9-10-26-13-16/h3-10,13-14H,11-12H2,1-2H3,(H,22,23). The van der Waals surface area contributed by atoms with Gasteiger partial charge in [-0.05, 0) is 47.2 Å². The van der Waals surface area contributed by atoms with E-state index in [9.17, 15) is 9.59 Å². The topological polar surface area (TPSA) is 55.4 Å². The molecule has 0 aliphatic carbocycles. The predicted molar refractivity (Wildman–Crippen MR) is 110 cm³/mol. The summed E-state index contributed by atoms with van der Waals surface area (Å²) in [7, 11) is 0. The first-order chi connectivity index (χ1) is 13.0. The Balaban J connectivity index is 1.46. The molecule has 0 fully saturated rings. The van der Waals surface area contributed by atoms with Gasteiger partial charge in [0.1, 0.15) is 5.75 Å². The van der Waals surface area contributed by atoms with E-state index >= 15 is 0 Å². The van der Waals surface area contributed by atoms with Crippen molar-refractivity contribution in [3.8, 4) is 5.75 Å². The van der Waals surface area contributed by atoms with Gasteiger partial charge < -0.3 is 10.1 Å². The first kappa shape index (κ1) is 19.3. The second-order valence-corrected chi connectivity index (χ2v) is 8.34. The van der Waals surface area contributed by atoms with Crippen LogP contribution in [0, 0.1) is 0 Å². The second-order valence-electron chi connectivity index (χ2n) is 6.40. The van der Waals surface area contributed by atoms with Gasteiger partial charge in [0.15, 0.2) is 6.61 Å². The number of nitrogens with one attached hydrogen (secondary N) is 1. The van der Waals surface area contributed by atoms with Crippen LogP contribution in [0.15, 0.2) is 53.2 Å². The summed E-state index contributed by atoms with van der Waals surface area (Å²) in [5.74, 6) is 0.966. The van der Waals surface area contributed by atoms with Crippen LogP contribution in [0.2, 0.25) is 0 Å². The van der Waals surface area contributed by atoms with Gasteiger partial charge in [-0.15, -0.1) is 11.3 Å². The molecule has 140 valence electrons. The van der Waals surface area contributed by atoms with E-state index in [2.05, 4.69) is 19.2 Å². The van der Waals surface area contributed by atoms with E-state index in [1.54, 1.807) is 6.07 Å². The summed E-state index contributed by atoms with van der Waals surface area (Å²) in [5, 5.41) is 6.55. The Bertz CT molecular complexity index is 896. The molecule has 0 atom stereocenters. The highest BCUT2D eigenvalue weighted by molar-refractivity contribution is 7.14. The average molecular weight is 400 g/mol. The van der Waals surface area contributed by atoms with Crippen LogP contribution in [0.5, 0.6) is 5.75 Å². The predicted octanol–water partition coefficient (Wildman–Crippen LogP) is 4.86. The number of hydrogen-bond acceptors (Lipinski definition) is 5. The number of carbonyl (C=O) groups is 2. The molecule has 2 aromatic heterocycles. The number of rotatable bonds is 8. The minimum absolute atomic E-state index is 0.0204. The lowest BCUT2D eigenvalue weighted by atomic mass is 10.0. The average Bonchev–Trinajstić information content (AvgIpc) is 3.36. The van der Waals surface area contributed by atoms with E-state index < -0.39 is 0 Å². The summed E-state index contributed by atoms with van der Waals surface area (Å²) in [6.07, 6.45) is 0. The molecule has 0 saturated carbocycles. The van der Waals surface area contributed by atoms with Crippen LogP contribution in [-0.4, -0.2) is 18.3 Å². The summed E-state index contributed by atoms with van der Waals surface area (Å²) < 4.78 is 5.52.